The van der Waals surface area contributed by atoms with Crippen LogP contribution in [0.2, 0.25) is 10.0 Å². The molecule has 0 spiro atoms. The van der Waals surface area contributed by atoms with E-state index in [-0.39, 0.29) is 5.75 Å². The van der Waals surface area contributed by atoms with Crippen LogP contribution >= 0.6 is 23.2 Å². The van der Waals surface area contributed by atoms with E-state index in [0.717, 1.165) is 41.9 Å². The normalized spacial score (nSPS) is 14.5. The highest BCUT2D eigenvalue weighted by Gasteiger charge is 2.20. The Morgan fingerprint density at radius 1 is 0.919 bits per heavy atom. The molecule has 0 amide bonds. The van der Waals surface area contributed by atoms with Crippen molar-refractivity contribution in [3.8, 4) is 22.6 Å². The van der Waals surface area contributed by atoms with Gasteiger partial charge in [0.05, 0.1) is 10.6 Å². The first-order valence-corrected chi connectivity index (χ1v) is 13.4. The van der Waals surface area contributed by atoms with Crippen LogP contribution in [0.1, 0.15) is 36.8 Å². The van der Waals surface area contributed by atoms with E-state index in [4.69, 9.17) is 32.4 Å². The first-order valence-electron chi connectivity index (χ1n) is 12.7. The molecule has 1 N–H and O–H groups in total. The molecule has 0 atom stereocenters. The quantitative estimate of drug-likeness (QED) is 0.250. The molecule has 0 bridgehead atoms. The minimum Gasteiger partial charge on any atom is -0.508 e. The van der Waals surface area contributed by atoms with Gasteiger partial charge in [-0.3, -0.25) is 4.90 Å². The lowest BCUT2D eigenvalue weighted by atomic mass is 9.93. The summed E-state index contributed by atoms with van der Waals surface area (Å²) >= 11 is 12.6. The summed E-state index contributed by atoms with van der Waals surface area (Å²) in [5.41, 5.74) is 2.51. The topological polar surface area (TPSA) is 62.9 Å². The van der Waals surface area contributed by atoms with Crippen LogP contribution in [-0.2, 0) is 6.42 Å². The highest BCUT2D eigenvalue weighted by atomic mass is 35.5. The van der Waals surface area contributed by atoms with Crippen LogP contribution in [0.4, 0.5) is 0 Å². The van der Waals surface area contributed by atoms with Crippen molar-refractivity contribution in [1.82, 2.24) is 4.90 Å². The van der Waals surface area contributed by atoms with Gasteiger partial charge in [-0.25, -0.2) is 4.79 Å². The lowest BCUT2D eigenvalue weighted by Gasteiger charge is -2.19. The maximum atomic E-state index is 13.2. The third-order valence-electron chi connectivity index (χ3n) is 6.88. The lowest BCUT2D eigenvalue weighted by Crippen LogP contribution is -2.29. The van der Waals surface area contributed by atoms with Crippen molar-refractivity contribution < 1.29 is 14.3 Å². The van der Waals surface area contributed by atoms with Crippen molar-refractivity contribution in [2.75, 3.05) is 26.2 Å². The Kier molecular flexibility index (Phi) is 8.04. The van der Waals surface area contributed by atoms with Gasteiger partial charge in [-0.2, -0.15) is 0 Å². The van der Waals surface area contributed by atoms with Gasteiger partial charge in [0.15, 0.2) is 0 Å². The van der Waals surface area contributed by atoms with Crippen molar-refractivity contribution in [2.45, 2.75) is 32.1 Å². The molecular weight excluding hydrogens is 509 g/mol. The van der Waals surface area contributed by atoms with Gasteiger partial charge in [0.25, 0.3) is 0 Å². The molecule has 1 aliphatic heterocycles. The second kappa shape index (κ2) is 11.6. The number of nitrogens with zero attached hydrogens (tertiary/aromatic N) is 1. The van der Waals surface area contributed by atoms with Crippen LogP contribution in [0.25, 0.3) is 22.1 Å². The molecule has 4 aromatic rings. The second-order valence-electron chi connectivity index (χ2n) is 9.47. The summed E-state index contributed by atoms with van der Waals surface area (Å²) in [4.78, 5) is 15.6. The third kappa shape index (κ3) is 6.12. The predicted molar refractivity (Wildman–Crippen MR) is 149 cm³/mol. The summed E-state index contributed by atoms with van der Waals surface area (Å²) in [6, 6.07) is 17.8. The Balaban J connectivity index is 1.41. The number of ether oxygens (including phenoxy) is 1. The van der Waals surface area contributed by atoms with E-state index in [1.54, 1.807) is 30.3 Å². The monoisotopic (exact) mass is 537 g/mol. The number of halogens is 2. The van der Waals surface area contributed by atoms with E-state index in [2.05, 4.69) is 4.90 Å². The summed E-state index contributed by atoms with van der Waals surface area (Å²) in [5, 5.41) is 11.5. The van der Waals surface area contributed by atoms with Gasteiger partial charge in [0.1, 0.15) is 23.7 Å². The minimum atomic E-state index is -0.522. The summed E-state index contributed by atoms with van der Waals surface area (Å²) in [5.74, 6) is 0.849. The first-order chi connectivity index (χ1) is 18.0. The van der Waals surface area contributed by atoms with E-state index in [1.807, 2.05) is 24.3 Å². The van der Waals surface area contributed by atoms with Gasteiger partial charge in [0, 0.05) is 28.6 Å². The molecule has 5 rings (SSSR count). The van der Waals surface area contributed by atoms with Crippen LogP contribution in [-0.4, -0.2) is 36.2 Å². The zero-order chi connectivity index (χ0) is 25.8. The molecule has 192 valence electrons. The van der Waals surface area contributed by atoms with E-state index in [9.17, 15) is 9.90 Å². The molecule has 1 saturated heterocycles. The zero-order valence-corrected chi connectivity index (χ0v) is 22.0. The lowest BCUT2D eigenvalue weighted by molar-refractivity contribution is 0.214. The highest BCUT2D eigenvalue weighted by Crippen LogP contribution is 2.35. The highest BCUT2D eigenvalue weighted by molar-refractivity contribution is 6.36. The molecular formula is C30H29Cl2NO4. The van der Waals surface area contributed by atoms with Crippen LogP contribution in [0.5, 0.6) is 11.5 Å². The standard InChI is InChI=1S/C30H29Cl2NO4/c31-21-7-11-25(27(32)18-21)29-26(24-12-8-22(34)19-28(24)37-30(29)35)17-20-5-9-23(10-6-20)36-16-15-33-13-3-1-2-4-14-33/h5-12,18-19,34H,1-4,13-17H2. The maximum absolute atomic E-state index is 13.2. The van der Waals surface area contributed by atoms with E-state index < -0.39 is 5.63 Å². The minimum absolute atomic E-state index is 0.0283. The molecule has 5 nitrogen and oxygen atoms in total. The number of benzene rings is 3. The Morgan fingerprint density at radius 2 is 1.68 bits per heavy atom. The second-order valence-corrected chi connectivity index (χ2v) is 10.3. The SMILES string of the molecule is O=c1oc2cc(O)ccc2c(Cc2ccc(OCCN3CCCCCC3)cc2)c1-c1ccc(Cl)cc1Cl. The van der Waals surface area contributed by atoms with E-state index in [1.165, 1.54) is 31.7 Å². The van der Waals surface area contributed by atoms with Crippen LogP contribution in [0.3, 0.4) is 0 Å². The van der Waals surface area contributed by atoms with Crippen LogP contribution in [0, 0.1) is 0 Å². The summed E-state index contributed by atoms with van der Waals surface area (Å²) in [6.07, 6.45) is 5.65. The fourth-order valence-corrected chi connectivity index (χ4v) is 5.46. The Bertz CT molecular complexity index is 1440. The van der Waals surface area contributed by atoms with Gasteiger partial charge in [-0.1, -0.05) is 54.2 Å². The smallest absolute Gasteiger partial charge is 0.344 e. The number of phenolic OH excluding ortho intramolecular Hbond substituents is 1. The van der Waals surface area contributed by atoms with E-state index in [0.29, 0.717) is 39.8 Å². The number of fused-ring (bicyclic) bond motifs is 1. The summed E-state index contributed by atoms with van der Waals surface area (Å²) in [6.45, 7) is 3.90. The van der Waals surface area contributed by atoms with Crippen molar-refractivity contribution in [3.63, 3.8) is 0 Å². The van der Waals surface area contributed by atoms with Gasteiger partial charge in [-0.15, -0.1) is 0 Å². The molecule has 0 saturated carbocycles. The molecule has 2 heterocycles. The molecule has 1 aromatic heterocycles. The number of hydrogen-bond acceptors (Lipinski definition) is 5. The fraction of sp³-hybridized carbons (Fsp3) is 0.300. The molecule has 1 fully saturated rings. The Morgan fingerprint density at radius 3 is 2.41 bits per heavy atom. The van der Waals surface area contributed by atoms with Crippen molar-refractivity contribution in [2.24, 2.45) is 0 Å². The first kappa shape index (κ1) is 25.7. The van der Waals surface area contributed by atoms with Gasteiger partial charge in [-0.05, 0) is 79.9 Å². The van der Waals surface area contributed by atoms with Crippen molar-refractivity contribution >= 4 is 34.2 Å². The van der Waals surface area contributed by atoms with Crippen molar-refractivity contribution in [3.05, 3.63) is 92.3 Å². The molecule has 3 aromatic carbocycles. The average Bonchev–Trinajstić information content (AvgIpc) is 3.15. The number of rotatable bonds is 7. The average molecular weight is 538 g/mol. The van der Waals surface area contributed by atoms with Crippen LogP contribution in [0.15, 0.2) is 69.9 Å². The fourth-order valence-electron chi connectivity index (χ4n) is 4.96. The molecule has 0 radical (unpaired) electrons. The Hall–Kier alpha value is -2.99. The molecule has 0 unspecified atom stereocenters. The molecule has 0 aliphatic carbocycles. The van der Waals surface area contributed by atoms with E-state index >= 15 is 0 Å². The Labute approximate surface area is 226 Å². The molecule has 37 heavy (non-hydrogen) atoms. The van der Waals surface area contributed by atoms with Gasteiger partial charge < -0.3 is 14.3 Å². The van der Waals surface area contributed by atoms with Gasteiger partial charge >= 0.3 is 5.63 Å². The largest absolute Gasteiger partial charge is 0.508 e. The number of aromatic hydroxyl groups is 1. The number of phenols is 1. The predicted octanol–water partition coefficient (Wildman–Crippen LogP) is 7.32. The van der Waals surface area contributed by atoms with Crippen LogP contribution < -0.4 is 10.4 Å². The maximum Gasteiger partial charge on any atom is 0.344 e. The van der Waals surface area contributed by atoms with Gasteiger partial charge in [0.2, 0.25) is 0 Å². The number of hydrogen-bond donors (Lipinski definition) is 1. The zero-order valence-electron chi connectivity index (χ0n) is 20.5. The third-order valence-corrected chi connectivity index (χ3v) is 7.43. The molecule has 7 heteroatoms. The van der Waals surface area contributed by atoms with Crippen molar-refractivity contribution in [1.29, 1.82) is 0 Å². The molecule has 1 aliphatic rings. The summed E-state index contributed by atoms with van der Waals surface area (Å²) in [7, 11) is 0. The number of likely N-dealkylation sites (tertiary alicyclic amines) is 1. The summed E-state index contributed by atoms with van der Waals surface area (Å²) < 4.78 is 11.6.